The van der Waals surface area contributed by atoms with E-state index in [1.165, 1.54) is 0 Å². The van der Waals surface area contributed by atoms with Crippen LogP contribution in [0.4, 0.5) is 0 Å². The molecule has 0 bridgehead atoms. The lowest BCUT2D eigenvalue weighted by atomic mass is 9.73. The largest absolute Gasteiger partial charge is 0.385 e. The van der Waals surface area contributed by atoms with Crippen LogP contribution in [-0.4, -0.2) is 22.8 Å². The highest BCUT2D eigenvalue weighted by Gasteiger charge is 2.44. The lowest BCUT2D eigenvalue weighted by molar-refractivity contribution is -0.142. The van der Waals surface area contributed by atoms with Crippen LogP contribution in [0.2, 0.25) is 0 Å². The van der Waals surface area contributed by atoms with Gasteiger partial charge in [0.05, 0.1) is 11.7 Å². The van der Waals surface area contributed by atoms with Crippen molar-refractivity contribution in [1.82, 2.24) is 4.98 Å². The Bertz CT molecular complexity index is 345. The quantitative estimate of drug-likeness (QED) is 0.821. The fraction of sp³-hybridized carbons (Fsp3) is 0.583. The van der Waals surface area contributed by atoms with Gasteiger partial charge in [-0.2, -0.15) is 0 Å². The van der Waals surface area contributed by atoms with Gasteiger partial charge in [-0.05, 0) is 19.4 Å². The molecule has 2 rings (SSSR count). The summed E-state index contributed by atoms with van der Waals surface area (Å²) in [5.41, 5.74) is 1.29. The Labute approximate surface area is 90.1 Å². The molecule has 1 aromatic heterocycles. The van der Waals surface area contributed by atoms with Gasteiger partial charge in [0, 0.05) is 37.4 Å². The predicted molar refractivity (Wildman–Crippen MR) is 57.5 cm³/mol. The molecule has 15 heavy (non-hydrogen) atoms. The topological polar surface area (TPSA) is 42.4 Å². The highest BCUT2D eigenvalue weighted by atomic mass is 16.5. The number of rotatable bonds is 3. The molecule has 1 aliphatic carbocycles. The standard InChI is InChI=1S/C12H17NO2/c1-3-15-11-5-12(14,6-11)10-4-9(2)7-13-8-10/h4,7-8,11,14H,3,5-6H2,1-2H3. The highest BCUT2D eigenvalue weighted by Crippen LogP contribution is 2.42. The highest BCUT2D eigenvalue weighted by molar-refractivity contribution is 5.26. The molecule has 3 nitrogen and oxygen atoms in total. The number of hydrogen-bond acceptors (Lipinski definition) is 3. The van der Waals surface area contributed by atoms with E-state index in [-0.39, 0.29) is 6.10 Å². The number of aliphatic hydroxyl groups is 1. The van der Waals surface area contributed by atoms with E-state index < -0.39 is 5.60 Å². The minimum Gasteiger partial charge on any atom is -0.385 e. The van der Waals surface area contributed by atoms with Crippen molar-refractivity contribution in [2.75, 3.05) is 6.61 Å². The van der Waals surface area contributed by atoms with E-state index in [0.29, 0.717) is 19.4 Å². The van der Waals surface area contributed by atoms with Crippen LogP contribution in [0, 0.1) is 6.92 Å². The number of nitrogens with zero attached hydrogens (tertiary/aromatic N) is 1. The molecule has 0 amide bonds. The third-order valence-corrected chi connectivity index (χ3v) is 2.95. The van der Waals surface area contributed by atoms with Gasteiger partial charge >= 0.3 is 0 Å². The summed E-state index contributed by atoms with van der Waals surface area (Å²) in [5.74, 6) is 0. The maximum absolute atomic E-state index is 10.3. The molecule has 1 heterocycles. The van der Waals surface area contributed by atoms with Gasteiger partial charge in [-0.25, -0.2) is 0 Å². The number of hydrogen-bond donors (Lipinski definition) is 1. The molecule has 0 aromatic carbocycles. The van der Waals surface area contributed by atoms with Gasteiger partial charge in [-0.1, -0.05) is 6.07 Å². The van der Waals surface area contributed by atoms with Gasteiger partial charge in [-0.3, -0.25) is 4.98 Å². The smallest absolute Gasteiger partial charge is 0.0960 e. The van der Waals surface area contributed by atoms with E-state index in [2.05, 4.69) is 4.98 Å². The second-order valence-electron chi connectivity index (χ2n) is 4.27. The summed E-state index contributed by atoms with van der Waals surface area (Å²) >= 11 is 0. The average Bonchev–Trinajstić information content (AvgIpc) is 2.15. The lowest BCUT2D eigenvalue weighted by Crippen LogP contribution is -2.46. The molecule has 1 saturated carbocycles. The first-order chi connectivity index (χ1) is 7.14. The second kappa shape index (κ2) is 3.91. The van der Waals surface area contributed by atoms with Crippen molar-refractivity contribution in [1.29, 1.82) is 0 Å². The van der Waals surface area contributed by atoms with E-state index >= 15 is 0 Å². The second-order valence-corrected chi connectivity index (χ2v) is 4.27. The molecule has 3 heteroatoms. The minimum absolute atomic E-state index is 0.209. The van der Waals surface area contributed by atoms with Crippen LogP contribution >= 0.6 is 0 Å². The fourth-order valence-corrected chi connectivity index (χ4v) is 2.09. The zero-order chi connectivity index (χ0) is 10.9. The minimum atomic E-state index is -0.709. The number of aromatic nitrogens is 1. The monoisotopic (exact) mass is 207 g/mol. The summed E-state index contributed by atoms with van der Waals surface area (Å²) in [6, 6.07) is 2.00. The summed E-state index contributed by atoms with van der Waals surface area (Å²) in [4.78, 5) is 4.10. The molecule has 0 unspecified atom stereocenters. The van der Waals surface area contributed by atoms with E-state index in [9.17, 15) is 5.11 Å². The first-order valence-corrected chi connectivity index (χ1v) is 5.40. The first kappa shape index (κ1) is 10.6. The Balaban J connectivity index is 2.06. The van der Waals surface area contributed by atoms with Crippen LogP contribution in [0.3, 0.4) is 0 Å². The third kappa shape index (κ3) is 2.03. The molecular formula is C12H17NO2. The molecule has 1 fully saturated rings. The molecular weight excluding hydrogens is 190 g/mol. The predicted octanol–water partition coefficient (Wildman–Crippen LogP) is 1.78. The first-order valence-electron chi connectivity index (χ1n) is 5.40. The van der Waals surface area contributed by atoms with Gasteiger partial charge in [0.2, 0.25) is 0 Å². The molecule has 0 aliphatic heterocycles. The molecule has 0 radical (unpaired) electrons. The molecule has 0 saturated heterocycles. The summed E-state index contributed by atoms with van der Waals surface area (Å²) in [5, 5.41) is 10.3. The van der Waals surface area contributed by atoms with Gasteiger partial charge in [-0.15, -0.1) is 0 Å². The van der Waals surface area contributed by atoms with Crippen molar-refractivity contribution in [2.45, 2.75) is 38.4 Å². The Hall–Kier alpha value is -0.930. The fourth-order valence-electron chi connectivity index (χ4n) is 2.09. The van der Waals surface area contributed by atoms with Gasteiger partial charge < -0.3 is 9.84 Å². The Kier molecular flexibility index (Phi) is 2.76. The average molecular weight is 207 g/mol. The van der Waals surface area contributed by atoms with E-state index in [1.54, 1.807) is 12.4 Å². The number of ether oxygens (including phenoxy) is 1. The summed E-state index contributed by atoms with van der Waals surface area (Å²) in [6.07, 6.45) is 5.12. The molecule has 1 aromatic rings. The summed E-state index contributed by atoms with van der Waals surface area (Å²) in [6.45, 7) is 4.68. The molecule has 0 atom stereocenters. The Morgan fingerprint density at radius 2 is 2.27 bits per heavy atom. The molecule has 1 N–H and O–H groups in total. The normalized spacial score (nSPS) is 29.9. The Morgan fingerprint density at radius 1 is 1.53 bits per heavy atom. The van der Waals surface area contributed by atoms with Crippen molar-refractivity contribution < 1.29 is 9.84 Å². The van der Waals surface area contributed by atoms with E-state index in [1.807, 2.05) is 19.9 Å². The van der Waals surface area contributed by atoms with Gasteiger partial charge in [0.1, 0.15) is 0 Å². The van der Waals surface area contributed by atoms with Gasteiger partial charge in [0.15, 0.2) is 0 Å². The Morgan fingerprint density at radius 3 is 2.87 bits per heavy atom. The maximum atomic E-state index is 10.3. The van der Waals surface area contributed by atoms with Crippen molar-refractivity contribution in [3.8, 4) is 0 Å². The van der Waals surface area contributed by atoms with Crippen molar-refractivity contribution >= 4 is 0 Å². The third-order valence-electron chi connectivity index (χ3n) is 2.95. The van der Waals surface area contributed by atoms with Crippen molar-refractivity contribution in [3.05, 3.63) is 29.6 Å². The van der Waals surface area contributed by atoms with Gasteiger partial charge in [0.25, 0.3) is 0 Å². The van der Waals surface area contributed by atoms with Crippen LogP contribution in [0.1, 0.15) is 30.9 Å². The van der Waals surface area contributed by atoms with Crippen molar-refractivity contribution in [3.63, 3.8) is 0 Å². The van der Waals surface area contributed by atoms with Crippen LogP contribution < -0.4 is 0 Å². The van der Waals surface area contributed by atoms with Crippen LogP contribution in [0.25, 0.3) is 0 Å². The van der Waals surface area contributed by atoms with Crippen LogP contribution in [0.5, 0.6) is 0 Å². The zero-order valence-electron chi connectivity index (χ0n) is 9.23. The molecule has 82 valence electrons. The summed E-state index contributed by atoms with van der Waals surface area (Å²) < 4.78 is 5.44. The maximum Gasteiger partial charge on any atom is 0.0960 e. The van der Waals surface area contributed by atoms with Crippen LogP contribution in [0.15, 0.2) is 18.5 Å². The van der Waals surface area contributed by atoms with Crippen LogP contribution in [-0.2, 0) is 10.3 Å². The molecule has 1 aliphatic rings. The zero-order valence-corrected chi connectivity index (χ0v) is 9.23. The number of pyridine rings is 1. The van der Waals surface area contributed by atoms with E-state index in [4.69, 9.17) is 4.74 Å². The van der Waals surface area contributed by atoms with Crippen molar-refractivity contribution in [2.24, 2.45) is 0 Å². The molecule has 0 spiro atoms. The lowest BCUT2D eigenvalue weighted by Gasteiger charge is -2.43. The summed E-state index contributed by atoms with van der Waals surface area (Å²) in [7, 11) is 0. The SMILES string of the molecule is CCOC1CC(O)(c2cncc(C)c2)C1. The van der Waals surface area contributed by atoms with E-state index in [0.717, 1.165) is 11.1 Å². The number of aryl methyl sites for hydroxylation is 1.